The van der Waals surface area contributed by atoms with Crippen LogP contribution in [-0.2, 0) is 0 Å². The van der Waals surface area contributed by atoms with Crippen molar-refractivity contribution in [3.05, 3.63) is 78.2 Å². The van der Waals surface area contributed by atoms with Gasteiger partial charge in [0.2, 0.25) is 0 Å². The van der Waals surface area contributed by atoms with Crippen LogP contribution in [0.4, 0.5) is 15.9 Å². The molecule has 0 aliphatic rings. The molecule has 2 aromatic heterocycles. The van der Waals surface area contributed by atoms with Crippen LogP contribution in [0.5, 0.6) is 11.8 Å². The van der Waals surface area contributed by atoms with Crippen molar-refractivity contribution in [3.8, 4) is 35.4 Å². The third-order valence-electron chi connectivity index (χ3n) is 5.65. The lowest BCUT2D eigenvalue weighted by atomic mass is 9.96. The lowest BCUT2D eigenvalue weighted by Crippen LogP contribution is -2.12. The number of benzene rings is 3. The maximum atomic E-state index is 14.6. The van der Waals surface area contributed by atoms with E-state index in [0.717, 1.165) is 5.69 Å². The first-order valence-electron chi connectivity index (χ1n) is 10.4. The molecule has 0 aliphatic carbocycles. The van der Waals surface area contributed by atoms with Gasteiger partial charge in [0, 0.05) is 29.9 Å². The second kappa shape index (κ2) is 8.34. The Hall–Kier alpha value is -4.70. The third kappa shape index (κ3) is 3.51. The number of phenols is 1. The topological polar surface area (TPSA) is 71.4 Å². The summed E-state index contributed by atoms with van der Waals surface area (Å²) in [5.74, 6) is 2.52. The van der Waals surface area contributed by atoms with Gasteiger partial charge in [-0.1, -0.05) is 30.2 Å². The van der Waals surface area contributed by atoms with Crippen LogP contribution in [0.25, 0.3) is 32.9 Å². The van der Waals surface area contributed by atoms with Crippen LogP contribution < -0.4 is 9.64 Å². The van der Waals surface area contributed by atoms with E-state index in [1.807, 2.05) is 42.3 Å². The number of hydrogen-bond acceptors (Lipinski definition) is 6. The Bertz CT molecular complexity index is 1600. The van der Waals surface area contributed by atoms with Crippen LogP contribution in [0, 0.1) is 18.2 Å². The molecule has 5 aromatic rings. The predicted octanol–water partition coefficient (Wildman–Crippen LogP) is 5.45. The van der Waals surface area contributed by atoms with Crippen LogP contribution >= 0.6 is 0 Å². The van der Waals surface area contributed by atoms with Crippen molar-refractivity contribution < 1.29 is 14.2 Å². The quantitative estimate of drug-likeness (QED) is 0.367. The molecule has 0 atom stereocenters. The molecule has 166 valence electrons. The van der Waals surface area contributed by atoms with Crippen molar-refractivity contribution >= 4 is 33.2 Å². The average Bonchev–Trinajstić information content (AvgIpc) is 2.87. The number of aromatic nitrogens is 3. The van der Waals surface area contributed by atoms with Gasteiger partial charge in [-0.2, -0.15) is 4.98 Å². The van der Waals surface area contributed by atoms with E-state index in [4.69, 9.17) is 16.1 Å². The fourth-order valence-electron chi connectivity index (χ4n) is 4.03. The first kappa shape index (κ1) is 21.2. The van der Waals surface area contributed by atoms with E-state index in [2.05, 4.69) is 15.9 Å². The number of terminal acetylenes is 1. The maximum absolute atomic E-state index is 14.6. The van der Waals surface area contributed by atoms with Gasteiger partial charge in [0.05, 0.1) is 29.3 Å². The van der Waals surface area contributed by atoms with E-state index in [-0.39, 0.29) is 17.3 Å². The van der Waals surface area contributed by atoms with E-state index in [1.54, 1.807) is 24.4 Å². The highest BCUT2D eigenvalue weighted by molar-refractivity contribution is 6.03. The number of pyridine rings is 1. The highest BCUT2D eigenvalue weighted by Gasteiger charge is 2.19. The number of rotatable bonds is 4. The van der Waals surface area contributed by atoms with Gasteiger partial charge in [0.1, 0.15) is 17.4 Å². The molecule has 0 radical (unpaired) electrons. The Balaban J connectivity index is 1.86. The summed E-state index contributed by atoms with van der Waals surface area (Å²) >= 11 is 0. The number of ether oxygens (including phenoxy) is 1. The van der Waals surface area contributed by atoms with Gasteiger partial charge in [0.25, 0.3) is 0 Å². The van der Waals surface area contributed by atoms with Crippen LogP contribution in [0.15, 0.2) is 66.9 Å². The smallest absolute Gasteiger partial charge is 0.316 e. The van der Waals surface area contributed by atoms with Gasteiger partial charge in [-0.3, -0.25) is 0 Å². The zero-order valence-electron chi connectivity index (χ0n) is 18.5. The largest absolute Gasteiger partial charge is 0.508 e. The molecule has 0 aliphatic heterocycles. The molecule has 0 fully saturated rings. The molecule has 7 heteroatoms. The number of nitrogens with zero attached hydrogens (tertiary/aromatic N) is 4. The Morgan fingerprint density at radius 3 is 2.59 bits per heavy atom. The summed E-state index contributed by atoms with van der Waals surface area (Å²) in [6.07, 6.45) is 7.32. The first-order chi connectivity index (χ1) is 16.5. The van der Waals surface area contributed by atoms with E-state index in [0.29, 0.717) is 38.8 Å². The van der Waals surface area contributed by atoms with Crippen molar-refractivity contribution in [1.29, 1.82) is 0 Å². The van der Waals surface area contributed by atoms with Gasteiger partial charge in [-0.25, -0.2) is 14.4 Å². The predicted molar refractivity (Wildman–Crippen MR) is 131 cm³/mol. The number of fused-ring (bicyclic) bond motifs is 2. The minimum Gasteiger partial charge on any atom is -0.508 e. The standard InChI is InChI=1S/C27H19FN4O2/c1-4-19-22(28)11-10-16-12-18(33)13-20(25(16)19)23-14-24-21(15-29-27(31-24)34-3)26(30-23)32(2)17-8-6-5-7-9-17/h1,5-15,33H,2-3H3. The van der Waals surface area contributed by atoms with Crippen LogP contribution in [0.2, 0.25) is 0 Å². The van der Waals surface area contributed by atoms with Gasteiger partial charge >= 0.3 is 6.01 Å². The molecular weight excluding hydrogens is 431 g/mol. The second-order valence-corrected chi connectivity index (χ2v) is 7.67. The van der Waals surface area contributed by atoms with Gasteiger partial charge in [-0.05, 0) is 41.8 Å². The SMILES string of the molecule is C#Cc1c(F)ccc2cc(O)cc(-c3cc4nc(OC)ncc4c(N(C)c4ccccc4)n3)c12. The highest BCUT2D eigenvalue weighted by atomic mass is 19.1. The van der Waals surface area contributed by atoms with Crippen LogP contribution in [-0.4, -0.2) is 34.2 Å². The summed E-state index contributed by atoms with van der Waals surface area (Å²) < 4.78 is 19.8. The number of methoxy groups -OCH3 is 1. The molecule has 0 saturated carbocycles. The van der Waals surface area contributed by atoms with Crippen molar-refractivity contribution in [2.24, 2.45) is 0 Å². The minimum atomic E-state index is -0.520. The Kier molecular flexibility index (Phi) is 5.19. The minimum absolute atomic E-state index is 0.0113. The van der Waals surface area contributed by atoms with E-state index in [1.165, 1.54) is 19.2 Å². The summed E-state index contributed by atoms with van der Waals surface area (Å²) in [6, 6.07) is 17.6. The lowest BCUT2D eigenvalue weighted by Gasteiger charge is -2.21. The van der Waals surface area contributed by atoms with Crippen molar-refractivity contribution in [3.63, 3.8) is 0 Å². The summed E-state index contributed by atoms with van der Waals surface area (Å²) in [4.78, 5) is 15.6. The summed E-state index contributed by atoms with van der Waals surface area (Å²) in [5.41, 5.74) is 2.54. The monoisotopic (exact) mass is 450 g/mol. The molecule has 0 unspecified atom stereocenters. The molecule has 34 heavy (non-hydrogen) atoms. The number of aromatic hydroxyl groups is 1. The average molecular weight is 450 g/mol. The van der Waals surface area contributed by atoms with Crippen molar-refractivity contribution in [2.45, 2.75) is 0 Å². The summed E-state index contributed by atoms with van der Waals surface area (Å²) in [5, 5.41) is 12.2. The number of hydrogen-bond donors (Lipinski definition) is 1. The van der Waals surface area contributed by atoms with Gasteiger partial charge in [-0.15, -0.1) is 6.42 Å². The molecule has 0 spiro atoms. The second-order valence-electron chi connectivity index (χ2n) is 7.67. The lowest BCUT2D eigenvalue weighted by molar-refractivity contribution is 0.382. The molecule has 3 aromatic carbocycles. The summed E-state index contributed by atoms with van der Waals surface area (Å²) in [7, 11) is 3.38. The van der Waals surface area contributed by atoms with Crippen molar-refractivity contribution in [2.75, 3.05) is 19.1 Å². The zero-order chi connectivity index (χ0) is 23.8. The fraction of sp³-hybridized carbons (Fsp3) is 0.0741. The Morgan fingerprint density at radius 2 is 1.85 bits per heavy atom. The molecule has 1 N–H and O–H groups in total. The number of phenolic OH excluding ortho intramolecular Hbond substituents is 1. The Labute approximate surface area is 195 Å². The molecule has 0 amide bonds. The molecule has 0 saturated heterocycles. The van der Waals surface area contributed by atoms with Crippen LogP contribution in [0.1, 0.15) is 5.56 Å². The first-order valence-corrected chi connectivity index (χ1v) is 10.4. The van der Waals surface area contributed by atoms with Gasteiger partial charge < -0.3 is 14.7 Å². The molecule has 5 rings (SSSR count). The third-order valence-corrected chi connectivity index (χ3v) is 5.65. The molecule has 2 heterocycles. The highest BCUT2D eigenvalue weighted by Crippen LogP contribution is 2.38. The van der Waals surface area contributed by atoms with E-state index < -0.39 is 5.82 Å². The number of halogens is 1. The summed E-state index contributed by atoms with van der Waals surface area (Å²) in [6.45, 7) is 0. The Morgan fingerprint density at radius 1 is 1.06 bits per heavy atom. The van der Waals surface area contributed by atoms with E-state index in [9.17, 15) is 9.50 Å². The van der Waals surface area contributed by atoms with Gasteiger partial charge in [0.15, 0.2) is 0 Å². The van der Waals surface area contributed by atoms with Crippen molar-refractivity contribution in [1.82, 2.24) is 15.0 Å². The normalized spacial score (nSPS) is 10.9. The van der Waals surface area contributed by atoms with Crippen LogP contribution in [0.3, 0.4) is 0 Å². The fourth-order valence-corrected chi connectivity index (χ4v) is 4.03. The molecule has 0 bridgehead atoms. The molecular formula is C27H19FN4O2. The number of anilines is 2. The number of para-hydroxylation sites is 1. The van der Waals surface area contributed by atoms with E-state index >= 15 is 0 Å². The maximum Gasteiger partial charge on any atom is 0.316 e. The molecule has 6 nitrogen and oxygen atoms in total. The zero-order valence-corrected chi connectivity index (χ0v) is 18.5.